The zero-order chi connectivity index (χ0) is 13.8. The van der Waals surface area contributed by atoms with Crippen molar-refractivity contribution in [3.63, 3.8) is 0 Å². The van der Waals surface area contributed by atoms with Crippen LogP contribution in [-0.4, -0.2) is 6.54 Å². The van der Waals surface area contributed by atoms with Crippen LogP contribution in [-0.2, 0) is 6.18 Å². The van der Waals surface area contributed by atoms with Gasteiger partial charge < -0.3 is 0 Å². The summed E-state index contributed by atoms with van der Waals surface area (Å²) in [6.07, 6.45) is 1.85. The molecule has 1 unspecified atom stereocenters. The highest BCUT2D eigenvalue weighted by Crippen LogP contribution is 2.33. The van der Waals surface area contributed by atoms with Gasteiger partial charge in [-0.15, -0.1) is 6.42 Å². The number of rotatable bonds is 4. The second kappa shape index (κ2) is 6.26. The lowest BCUT2D eigenvalue weighted by Gasteiger charge is -2.16. The van der Waals surface area contributed by atoms with Gasteiger partial charge in [0.25, 0.3) is 0 Å². The summed E-state index contributed by atoms with van der Waals surface area (Å²) in [7, 11) is 0. The summed E-state index contributed by atoms with van der Waals surface area (Å²) in [6.45, 7) is 2.61. The van der Waals surface area contributed by atoms with E-state index < -0.39 is 17.8 Å². The molecule has 0 bridgehead atoms. The van der Waals surface area contributed by atoms with Crippen molar-refractivity contribution >= 4 is 15.9 Å². The number of halogens is 4. The fourth-order valence-electron chi connectivity index (χ4n) is 1.49. The third kappa shape index (κ3) is 3.76. The van der Waals surface area contributed by atoms with Crippen molar-refractivity contribution in [1.29, 1.82) is 0 Å². The average Bonchev–Trinajstić information content (AvgIpc) is 2.30. The Hall–Kier alpha value is -0.990. The second-order valence-corrected chi connectivity index (χ2v) is 4.64. The Morgan fingerprint density at radius 1 is 1.44 bits per heavy atom. The number of terminal acetylenes is 1. The summed E-state index contributed by atoms with van der Waals surface area (Å²) in [5.41, 5.74) is -0.264. The quantitative estimate of drug-likeness (QED) is 0.822. The largest absolute Gasteiger partial charge is 0.416 e. The van der Waals surface area contributed by atoms with Crippen LogP contribution in [0.1, 0.15) is 30.5 Å². The summed E-state index contributed by atoms with van der Waals surface area (Å²) in [5, 5.41) is 3.02. The van der Waals surface area contributed by atoms with Gasteiger partial charge >= 0.3 is 6.18 Å². The SMILES string of the molecule is C#CC(NCCC)c1cc(C(F)(F)F)ccc1Br. The molecule has 1 aromatic carbocycles. The monoisotopic (exact) mass is 319 g/mol. The van der Waals surface area contributed by atoms with Crippen LogP contribution in [0.5, 0.6) is 0 Å². The van der Waals surface area contributed by atoms with Gasteiger partial charge in [-0.2, -0.15) is 13.2 Å². The van der Waals surface area contributed by atoms with Crippen molar-refractivity contribution in [2.75, 3.05) is 6.54 Å². The summed E-state index contributed by atoms with van der Waals surface area (Å²) in [5.74, 6) is 2.46. The minimum Gasteiger partial charge on any atom is -0.300 e. The van der Waals surface area contributed by atoms with E-state index in [-0.39, 0.29) is 0 Å². The number of benzene rings is 1. The molecule has 0 radical (unpaired) electrons. The van der Waals surface area contributed by atoms with Crippen LogP contribution in [0.2, 0.25) is 0 Å². The van der Waals surface area contributed by atoms with E-state index >= 15 is 0 Å². The van der Waals surface area contributed by atoms with Crippen molar-refractivity contribution in [2.24, 2.45) is 0 Å². The molecule has 0 aliphatic heterocycles. The van der Waals surface area contributed by atoms with Crippen molar-refractivity contribution in [2.45, 2.75) is 25.6 Å². The molecule has 98 valence electrons. The second-order valence-electron chi connectivity index (χ2n) is 3.79. The Labute approximate surface area is 113 Å². The molecule has 0 aliphatic carbocycles. The van der Waals surface area contributed by atoms with Crippen LogP contribution in [0.4, 0.5) is 13.2 Å². The Morgan fingerprint density at radius 2 is 2.11 bits per heavy atom. The van der Waals surface area contributed by atoms with Crippen LogP contribution in [0.25, 0.3) is 0 Å². The van der Waals surface area contributed by atoms with Gasteiger partial charge in [-0.05, 0) is 36.7 Å². The van der Waals surface area contributed by atoms with E-state index in [0.29, 0.717) is 16.6 Å². The molecule has 0 heterocycles. The Kier molecular flexibility index (Phi) is 5.24. The standard InChI is InChI=1S/C13H13BrF3N/c1-3-7-18-12(4-2)10-8-9(13(15,16)17)5-6-11(10)14/h2,5-6,8,12,18H,3,7H2,1H3. The lowest BCUT2D eigenvalue weighted by molar-refractivity contribution is -0.137. The van der Waals surface area contributed by atoms with E-state index in [1.807, 2.05) is 6.92 Å². The lowest BCUT2D eigenvalue weighted by atomic mass is 10.0. The van der Waals surface area contributed by atoms with Gasteiger partial charge in [-0.25, -0.2) is 0 Å². The highest BCUT2D eigenvalue weighted by molar-refractivity contribution is 9.10. The Bertz CT molecular complexity index is 449. The molecule has 0 spiro atoms. The van der Waals surface area contributed by atoms with Gasteiger partial charge in [0.15, 0.2) is 0 Å². The maximum absolute atomic E-state index is 12.6. The number of alkyl halides is 3. The molecule has 18 heavy (non-hydrogen) atoms. The normalized spacial score (nSPS) is 13.1. The molecule has 5 heteroatoms. The van der Waals surface area contributed by atoms with Crippen LogP contribution >= 0.6 is 15.9 Å². The van der Waals surface area contributed by atoms with Crippen molar-refractivity contribution in [1.82, 2.24) is 5.32 Å². The van der Waals surface area contributed by atoms with Crippen molar-refractivity contribution < 1.29 is 13.2 Å². The first-order valence-corrected chi connectivity index (χ1v) is 6.25. The molecular formula is C13H13BrF3N. The molecule has 0 saturated carbocycles. The first kappa shape index (κ1) is 15.1. The molecule has 0 amide bonds. The van der Waals surface area contributed by atoms with Crippen molar-refractivity contribution in [3.8, 4) is 12.3 Å². The van der Waals surface area contributed by atoms with Gasteiger partial charge in [0.05, 0.1) is 11.6 Å². The van der Waals surface area contributed by atoms with E-state index in [1.54, 1.807) is 0 Å². The van der Waals surface area contributed by atoms with E-state index in [9.17, 15) is 13.2 Å². The third-order valence-corrected chi connectivity index (χ3v) is 3.12. The summed E-state index contributed by atoms with van der Waals surface area (Å²) < 4.78 is 38.5. The number of hydrogen-bond acceptors (Lipinski definition) is 1. The fourth-order valence-corrected chi connectivity index (χ4v) is 1.96. The molecule has 0 saturated heterocycles. The van der Waals surface area contributed by atoms with E-state index in [2.05, 4.69) is 27.2 Å². The fraction of sp³-hybridized carbons (Fsp3) is 0.385. The van der Waals surface area contributed by atoms with E-state index in [1.165, 1.54) is 6.07 Å². The first-order chi connectivity index (χ1) is 8.40. The number of hydrogen-bond donors (Lipinski definition) is 1. The van der Waals surface area contributed by atoms with Crippen molar-refractivity contribution in [3.05, 3.63) is 33.8 Å². The molecule has 1 nitrogen and oxygen atoms in total. The molecule has 1 N–H and O–H groups in total. The maximum atomic E-state index is 12.6. The predicted octanol–water partition coefficient (Wildman–Crippen LogP) is 4.14. The molecule has 1 atom stereocenters. The van der Waals surface area contributed by atoms with E-state index in [4.69, 9.17) is 6.42 Å². The lowest BCUT2D eigenvalue weighted by Crippen LogP contribution is -2.21. The topological polar surface area (TPSA) is 12.0 Å². The minimum atomic E-state index is -4.36. The number of nitrogens with one attached hydrogen (secondary N) is 1. The summed E-state index contributed by atoms with van der Waals surface area (Å²) in [6, 6.07) is 2.95. The predicted molar refractivity (Wildman–Crippen MR) is 69.0 cm³/mol. The first-order valence-electron chi connectivity index (χ1n) is 5.46. The highest BCUT2D eigenvalue weighted by Gasteiger charge is 2.31. The minimum absolute atomic E-state index is 0.431. The molecule has 0 aromatic heterocycles. The Morgan fingerprint density at radius 3 is 2.61 bits per heavy atom. The zero-order valence-electron chi connectivity index (χ0n) is 9.81. The summed E-state index contributed by atoms with van der Waals surface area (Å²) >= 11 is 3.23. The molecule has 1 aromatic rings. The van der Waals surface area contributed by atoms with Crippen LogP contribution in [0.15, 0.2) is 22.7 Å². The molecule has 0 aliphatic rings. The zero-order valence-corrected chi connectivity index (χ0v) is 11.4. The van der Waals surface area contributed by atoms with Gasteiger partial charge in [0.1, 0.15) is 0 Å². The maximum Gasteiger partial charge on any atom is 0.416 e. The molecule has 1 rings (SSSR count). The van der Waals surface area contributed by atoms with Gasteiger partial charge in [0.2, 0.25) is 0 Å². The average molecular weight is 320 g/mol. The summed E-state index contributed by atoms with van der Waals surface area (Å²) in [4.78, 5) is 0. The molecular weight excluding hydrogens is 307 g/mol. The van der Waals surface area contributed by atoms with Gasteiger partial charge in [0, 0.05) is 4.47 Å². The van der Waals surface area contributed by atoms with E-state index in [0.717, 1.165) is 18.6 Å². The van der Waals surface area contributed by atoms with Crippen LogP contribution < -0.4 is 5.32 Å². The van der Waals surface area contributed by atoms with Crippen LogP contribution in [0, 0.1) is 12.3 Å². The Balaban J connectivity index is 3.10. The highest BCUT2D eigenvalue weighted by atomic mass is 79.9. The van der Waals surface area contributed by atoms with Gasteiger partial charge in [-0.1, -0.05) is 28.8 Å². The van der Waals surface area contributed by atoms with Gasteiger partial charge in [-0.3, -0.25) is 5.32 Å². The third-order valence-electron chi connectivity index (χ3n) is 2.40. The van der Waals surface area contributed by atoms with Crippen LogP contribution in [0.3, 0.4) is 0 Å². The smallest absolute Gasteiger partial charge is 0.300 e. The molecule has 0 fully saturated rings.